The van der Waals surface area contributed by atoms with Gasteiger partial charge in [0.25, 0.3) is 5.91 Å². The van der Waals surface area contributed by atoms with Crippen molar-refractivity contribution in [3.05, 3.63) is 59.7 Å². The smallest absolute Gasteiger partial charge is 0.253 e. The van der Waals surface area contributed by atoms with Gasteiger partial charge in [-0.05, 0) is 29.7 Å². The lowest BCUT2D eigenvalue weighted by Gasteiger charge is -2.35. The summed E-state index contributed by atoms with van der Waals surface area (Å²) >= 11 is 0. The summed E-state index contributed by atoms with van der Waals surface area (Å²) in [4.78, 5) is 17.4. The van der Waals surface area contributed by atoms with Gasteiger partial charge in [0.15, 0.2) is 0 Å². The zero-order chi connectivity index (χ0) is 21.5. The molecule has 0 radical (unpaired) electrons. The molecule has 162 valence electrons. The number of phenolic OH excluding ortho intramolecular Hbond substituents is 1. The van der Waals surface area contributed by atoms with Gasteiger partial charge in [-0.2, -0.15) is 0 Å². The summed E-state index contributed by atoms with van der Waals surface area (Å²) in [7, 11) is 1.68. The number of rotatable bonds is 8. The molecule has 1 aliphatic rings. The highest BCUT2D eigenvalue weighted by Gasteiger charge is 2.31. The summed E-state index contributed by atoms with van der Waals surface area (Å²) < 4.78 is 11.3. The number of amides is 1. The van der Waals surface area contributed by atoms with Crippen LogP contribution in [-0.2, 0) is 22.6 Å². The first-order valence-corrected chi connectivity index (χ1v) is 10.5. The molecular weight excluding hydrogens is 380 g/mol. The van der Waals surface area contributed by atoms with Crippen LogP contribution in [0.1, 0.15) is 25.0 Å². The minimum atomic E-state index is -0.482. The number of para-hydroxylation sites is 1. The van der Waals surface area contributed by atoms with Crippen LogP contribution in [-0.4, -0.2) is 60.3 Å². The SMILES string of the molecule is COc1ccccc1CN1CCO[C@@H](C(=O)N(Cc2ccc(O)cc2)CC(C)C)C1. The number of carbonyl (C=O) groups excluding carboxylic acids is 1. The van der Waals surface area contributed by atoms with Gasteiger partial charge in [-0.25, -0.2) is 0 Å². The van der Waals surface area contributed by atoms with Crippen LogP contribution in [0, 0.1) is 5.92 Å². The maximum Gasteiger partial charge on any atom is 0.253 e. The molecule has 0 aliphatic carbocycles. The van der Waals surface area contributed by atoms with E-state index >= 15 is 0 Å². The van der Waals surface area contributed by atoms with Crippen molar-refractivity contribution in [2.45, 2.75) is 33.0 Å². The van der Waals surface area contributed by atoms with Crippen molar-refractivity contribution in [3.8, 4) is 11.5 Å². The number of hydrogen-bond donors (Lipinski definition) is 1. The fourth-order valence-electron chi connectivity index (χ4n) is 3.77. The summed E-state index contributed by atoms with van der Waals surface area (Å²) in [5.74, 6) is 1.45. The Kier molecular flexibility index (Phi) is 7.71. The second-order valence-electron chi connectivity index (χ2n) is 8.19. The number of morpholine rings is 1. The molecule has 1 aliphatic heterocycles. The van der Waals surface area contributed by atoms with Gasteiger partial charge in [-0.3, -0.25) is 9.69 Å². The Hall–Kier alpha value is -2.57. The maximum absolute atomic E-state index is 13.3. The summed E-state index contributed by atoms with van der Waals surface area (Å²) in [6.45, 7) is 7.96. The summed E-state index contributed by atoms with van der Waals surface area (Å²) in [5.41, 5.74) is 2.10. The van der Waals surface area contributed by atoms with E-state index in [2.05, 4.69) is 24.8 Å². The Bertz CT molecular complexity index is 822. The average Bonchev–Trinajstić information content (AvgIpc) is 2.74. The first-order chi connectivity index (χ1) is 14.5. The van der Waals surface area contributed by atoms with Crippen LogP contribution in [0.15, 0.2) is 48.5 Å². The highest BCUT2D eigenvalue weighted by molar-refractivity contribution is 5.81. The van der Waals surface area contributed by atoms with Crippen LogP contribution in [0.4, 0.5) is 0 Å². The number of aromatic hydroxyl groups is 1. The van der Waals surface area contributed by atoms with Crippen LogP contribution < -0.4 is 4.74 Å². The molecule has 1 heterocycles. The van der Waals surface area contributed by atoms with Gasteiger partial charge in [-0.1, -0.05) is 44.2 Å². The number of benzene rings is 2. The molecule has 0 unspecified atom stereocenters. The van der Waals surface area contributed by atoms with E-state index in [1.54, 1.807) is 19.2 Å². The molecule has 1 fully saturated rings. The quantitative estimate of drug-likeness (QED) is 0.721. The largest absolute Gasteiger partial charge is 0.508 e. The predicted molar refractivity (Wildman–Crippen MR) is 116 cm³/mol. The monoisotopic (exact) mass is 412 g/mol. The Labute approximate surface area is 179 Å². The topological polar surface area (TPSA) is 62.2 Å². The van der Waals surface area contributed by atoms with Gasteiger partial charge in [0, 0.05) is 38.3 Å². The minimum Gasteiger partial charge on any atom is -0.508 e. The van der Waals surface area contributed by atoms with Crippen molar-refractivity contribution in [2.75, 3.05) is 33.4 Å². The fraction of sp³-hybridized carbons (Fsp3) is 0.458. The lowest BCUT2D eigenvalue weighted by Crippen LogP contribution is -2.51. The molecule has 1 N–H and O–H groups in total. The molecule has 0 saturated carbocycles. The third-order valence-corrected chi connectivity index (χ3v) is 5.22. The average molecular weight is 413 g/mol. The first-order valence-electron chi connectivity index (χ1n) is 10.5. The van der Waals surface area contributed by atoms with Crippen molar-refractivity contribution in [3.63, 3.8) is 0 Å². The van der Waals surface area contributed by atoms with Crippen LogP contribution in [0.5, 0.6) is 11.5 Å². The molecule has 6 nitrogen and oxygen atoms in total. The number of methoxy groups -OCH3 is 1. The van der Waals surface area contributed by atoms with Crippen LogP contribution >= 0.6 is 0 Å². The van der Waals surface area contributed by atoms with Gasteiger partial charge in [0.2, 0.25) is 0 Å². The third-order valence-electron chi connectivity index (χ3n) is 5.22. The van der Waals surface area contributed by atoms with E-state index in [1.165, 1.54) is 0 Å². The molecule has 30 heavy (non-hydrogen) atoms. The van der Waals surface area contributed by atoms with Crippen molar-refractivity contribution in [1.82, 2.24) is 9.80 Å². The van der Waals surface area contributed by atoms with Crippen LogP contribution in [0.3, 0.4) is 0 Å². The van der Waals surface area contributed by atoms with Crippen molar-refractivity contribution >= 4 is 5.91 Å². The molecule has 3 rings (SSSR count). The number of hydrogen-bond acceptors (Lipinski definition) is 5. The lowest BCUT2D eigenvalue weighted by atomic mass is 10.1. The molecule has 0 aromatic heterocycles. The molecule has 1 atom stereocenters. The lowest BCUT2D eigenvalue weighted by molar-refractivity contribution is -0.151. The Balaban J connectivity index is 1.68. The van der Waals surface area contributed by atoms with Gasteiger partial charge >= 0.3 is 0 Å². The van der Waals surface area contributed by atoms with E-state index in [9.17, 15) is 9.90 Å². The van der Waals surface area contributed by atoms with E-state index in [0.29, 0.717) is 32.2 Å². The fourth-order valence-corrected chi connectivity index (χ4v) is 3.77. The van der Waals surface area contributed by atoms with Crippen molar-refractivity contribution in [1.29, 1.82) is 0 Å². The molecule has 2 aromatic rings. The van der Waals surface area contributed by atoms with Crippen molar-refractivity contribution < 1.29 is 19.4 Å². The Morgan fingerprint density at radius 1 is 1.23 bits per heavy atom. The maximum atomic E-state index is 13.3. The van der Waals surface area contributed by atoms with Gasteiger partial charge in [-0.15, -0.1) is 0 Å². The van der Waals surface area contributed by atoms with E-state index in [4.69, 9.17) is 9.47 Å². The second kappa shape index (κ2) is 10.5. The van der Waals surface area contributed by atoms with Crippen molar-refractivity contribution in [2.24, 2.45) is 5.92 Å². The van der Waals surface area contributed by atoms with E-state index in [-0.39, 0.29) is 11.7 Å². The number of nitrogens with zero attached hydrogens (tertiary/aromatic N) is 2. The Morgan fingerprint density at radius 3 is 2.67 bits per heavy atom. The molecule has 6 heteroatoms. The Morgan fingerprint density at radius 2 is 1.97 bits per heavy atom. The third kappa shape index (κ3) is 5.97. The minimum absolute atomic E-state index is 0.0153. The highest BCUT2D eigenvalue weighted by Crippen LogP contribution is 2.21. The summed E-state index contributed by atoms with van der Waals surface area (Å²) in [6, 6.07) is 15.0. The molecule has 0 bridgehead atoms. The highest BCUT2D eigenvalue weighted by atomic mass is 16.5. The molecule has 1 amide bonds. The predicted octanol–water partition coefficient (Wildman–Crippen LogP) is 3.29. The summed E-state index contributed by atoms with van der Waals surface area (Å²) in [6.07, 6.45) is -0.482. The molecule has 0 spiro atoms. The number of ether oxygens (including phenoxy) is 2. The normalized spacial score (nSPS) is 17.1. The standard InChI is InChI=1S/C24H32N2O4/c1-18(2)14-26(15-19-8-10-21(27)11-9-19)24(28)23-17-25(12-13-30-23)16-20-6-4-5-7-22(20)29-3/h4-11,18,23,27H,12-17H2,1-3H3/t23-/m1/s1. The van der Waals surface area contributed by atoms with Crippen LogP contribution in [0.2, 0.25) is 0 Å². The zero-order valence-electron chi connectivity index (χ0n) is 18.1. The van der Waals surface area contributed by atoms with Gasteiger partial charge in [0.1, 0.15) is 17.6 Å². The molecule has 1 saturated heterocycles. The van der Waals surface area contributed by atoms with Crippen LogP contribution in [0.25, 0.3) is 0 Å². The number of carbonyl (C=O) groups is 1. The summed E-state index contributed by atoms with van der Waals surface area (Å²) in [5, 5.41) is 9.52. The first kappa shape index (κ1) is 22.1. The van der Waals surface area contributed by atoms with E-state index in [0.717, 1.165) is 30.0 Å². The van der Waals surface area contributed by atoms with E-state index in [1.807, 2.05) is 35.2 Å². The van der Waals surface area contributed by atoms with Gasteiger partial charge < -0.3 is 19.5 Å². The molecule has 2 aromatic carbocycles. The molecular formula is C24H32N2O4. The zero-order valence-corrected chi connectivity index (χ0v) is 18.1. The second-order valence-corrected chi connectivity index (χ2v) is 8.19. The van der Waals surface area contributed by atoms with E-state index < -0.39 is 6.10 Å². The number of phenols is 1. The van der Waals surface area contributed by atoms with Gasteiger partial charge in [0.05, 0.1) is 13.7 Å².